The average Bonchev–Trinajstić information content (AvgIpc) is 2.90. The van der Waals surface area contributed by atoms with Gasteiger partial charge >= 0.3 is 0 Å². The Morgan fingerprint density at radius 1 is 0.897 bits per heavy atom. The number of rotatable bonds is 6. The maximum absolute atomic E-state index is 10.5. The van der Waals surface area contributed by atoms with Crippen LogP contribution in [-0.4, -0.2) is 22.9 Å². The van der Waals surface area contributed by atoms with Gasteiger partial charge in [-0.2, -0.15) is 23.9 Å². The summed E-state index contributed by atoms with van der Waals surface area (Å²) in [6.07, 6.45) is 4.93. The van der Waals surface area contributed by atoms with Crippen LogP contribution >= 0.6 is 0 Å². The van der Waals surface area contributed by atoms with Crippen molar-refractivity contribution in [3.63, 3.8) is 0 Å². The van der Waals surface area contributed by atoms with E-state index >= 15 is 0 Å². The molecule has 1 heterocycles. The Hall–Kier alpha value is -5.03. The topological polar surface area (TPSA) is 152 Å². The molecule has 1 aromatic heterocycles. The van der Waals surface area contributed by atoms with E-state index in [-0.39, 0.29) is 4.90 Å². The Kier molecular flexibility index (Phi) is 9.49. The van der Waals surface area contributed by atoms with Gasteiger partial charge in [-0.15, -0.1) is 0 Å². The Balaban J connectivity index is 0.000000320. The zero-order chi connectivity index (χ0) is 28.4. The molecule has 9 nitrogen and oxygen atoms in total. The molecular formula is C29H26N6O3S. The molecule has 39 heavy (non-hydrogen) atoms. The summed E-state index contributed by atoms with van der Waals surface area (Å²) >= 11 is 0. The van der Waals surface area contributed by atoms with Crippen LogP contribution in [0.5, 0.6) is 0 Å². The van der Waals surface area contributed by atoms with Crippen LogP contribution in [0.2, 0.25) is 0 Å². The summed E-state index contributed by atoms with van der Waals surface area (Å²) in [5.74, 6) is 1.12. The second-order valence-electron chi connectivity index (χ2n) is 8.48. The first-order valence-electron chi connectivity index (χ1n) is 11.7. The molecule has 0 fully saturated rings. The number of hydrogen-bond acceptors (Lipinski definition) is 8. The highest BCUT2D eigenvalue weighted by atomic mass is 32.2. The minimum Gasteiger partial charge on any atom is -0.340 e. The first kappa shape index (κ1) is 28.5. The van der Waals surface area contributed by atoms with E-state index in [1.807, 2.05) is 51.1 Å². The molecule has 10 heteroatoms. The van der Waals surface area contributed by atoms with E-state index in [0.717, 1.165) is 33.6 Å². The van der Waals surface area contributed by atoms with Crippen LogP contribution < -0.4 is 10.6 Å². The predicted molar refractivity (Wildman–Crippen MR) is 151 cm³/mol. The van der Waals surface area contributed by atoms with Crippen molar-refractivity contribution in [1.29, 1.82) is 10.5 Å². The molecule has 0 saturated heterocycles. The van der Waals surface area contributed by atoms with Crippen molar-refractivity contribution in [3.05, 3.63) is 107 Å². The van der Waals surface area contributed by atoms with Gasteiger partial charge < -0.3 is 10.6 Å². The van der Waals surface area contributed by atoms with Crippen LogP contribution in [0.15, 0.2) is 83.9 Å². The lowest BCUT2D eigenvalue weighted by molar-refractivity contribution is 0.483. The number of hydrogen-bond donors (Lipinski definition) is 3. The molecule has 4 rings (SSSR count). The molecule has 3 aromatic carbocycles. The Labute approximate surface area is 227 Å². The predicted octanol–water partition coefficient (Wildman–Crippen LogP) is 6.23. The fourth-order valence-electron chi connectivity index (χ4n) is 3.51. The van der Waals surface area contributed by atoms with E-state index in [2.05, 4.69) is 26.7 Å². The van der Waals surface area contributed by atoms with Gasteiger partial charge in [0.1, 0.15) is 5.82 Å². The number of nitriles is 2. The first-order chi connectivity index (χ1) is 18.6. The van der Waals surface area contributed by atoms with Crippen molar-refractivity contribution in [2.24, 2.45) is 0 Å². The molecule has 196 valence electrons. The number of aromatic nitrogens is 2. The Bertz CT molecular complexity index is 1650. The SMILES string of the molecule is Cc1cc(/C=C/C#N)cc(C)c1Nc1ccnc(Nc2ccc(C#N)cc2)n1.Cc1ccc(S(=O)(=O)O)cc1. The Morgan fingerprint density at radius 3 is 2.10 bits per heavy atom. The molecular weight excluding hydrogens is 512 g/mol. The largest absolute Gasteiger partial charge is 0.340 e. The molecule has 0 saturated carbocycles. The lowest BCUT2D eigenvalue weighted by Crippen LogP contribution is -2.02. The highest BCUT2D eigenvalue weighted by molar-refractivity contribution is 7.85. The molecule has 4 aromatic rings. The molecule has 0 atom stereocenters. The van der Waals surface area contributed by atoms with Gasteiger partial charge in [0.05, 0.1) is 22.6 Å². The summed E-state index contributed by atoms with van der Waals surface area (Å²) in [6.45, 7) is 5.86. The van der Waals surface area contributed by atoms with Gasteiger partial charge in [-0.1, -0.05) is 17.7 Å². The lowest BCUT2D eigenvalue weighted by Gasteiger charge is -2.14. The summed E-state index contributed by atoms with van der Waals surface area (Å²) < 4.78 is 29.6. The molecule has 0 bridgehead atoms. The van der Waals surface area contributed by atoms with E-state index < -0.39 is 10.1 Å². The Morgan fingerprint density at radius 2 is 1.54 bits per heavy atom. The molecule has 0 aliphatic heterocycles. The van der Waals surface area contributed by atoms with Crippen molar-refractivity contribution in [1.82, 2.24) is 9.97 Å². The summed E-state index contributed by atoms with van der Waals surface area (Å²) in [5, 5.41) is 24.0. The maximum atomic E-state index is 10.5. The van der Waals surface area contributed by atoms with Gasteiger partial charge in [0.15, 0.2) is 0 Å². The van der Waals surface area contributed by atoms with Gasteiger partial charge in [0, 0.05) is 23.6 Å². The van der Waals surface area contributed by atoms with Crippen LogP contribution in [0.1, 0.15) is 27.8 Å². The molecule has 3 N–H and O–H groups in total. The van der Waals surface area contributed by atoms with Crippen LogP contribution in [0, 0.1) is 43.4 Å². The van der Waals surface area contributed by atoms with E-state index in [4.69, 9.17) is 15.1 Å². The van der Waals surface area contributed by atoms with Crippen LogP contribution in [0.25, 0.3) is 6.08 Å². The third-order valence-electron chi connectivity index (χ3n) is 5.40. The third kappa shape index (κ3) is 8.51. The molecule has 0 aliphatic rings. The molecule has 0 radical (unpaired) electrons. The zero-order valence-corrected chi connectivity index (χ0v) is 22.4. The van der Waals surface area contributed by atoms with Crippen molar-refractivity contribution in [2.45, 2.75) is 25.7 Å². The highest BCUT2D eigenvalue weighted by Gasteiger charge is 2.08. The van der Waals surface area contributed by atoms with Crippen LogP contribution in [-0.2, 0) is 10.1 Å². The minimum absolute atomic E-state index is 0.0666. The molecule has 0 unspecified atom stereocenters. The number of nitrogens with one attached hydrogen (secondary N) is 2. The highest BCUT2D eigenvalue weighted by Crippen LogP contribution is 2.26. The lowest BCUT2D eigenvalue weighted by atomic mass is 10.0. The van der Waals surface area contributed by atoms with E-state index in [1.165, 1.54) is 18.2 Å². The molecule has 0 aliphatic carbocycles. The van der Waals surface area contributed by atoms with Crippen molar-refractivity contribution < 1.29 is 13.0 Å². The van der Waals surface area contributed by atoms with Gasteiger partial charge in [-0.3, -0.25) is 4.55 Å². The van der Waals surface area contributed by atoms with Gasteiger partial charge in [0.2, 0.25) is 5.95 Å². The van der Waals surface area contributed by atoms with Crippen molar-refractivity contribution in [2.75, 3.05) is 10.6 Å². The number of allylic oxidation sites excluding steroid dienone is 1. The average molecular weight is 539 g/mol. The first-order valence-corrected chi connectivity index (χ1v) is 13.1. The number of aryl methyl sites for hydroxylation is 3. The van der Waals surface area contributed by atoms with E-state index in [1.54, 1.807) is 42.6 Å². The molecule has 0 spiro atoms. The third-order valence-corrected chi connectivity index (χ3v) is 6.27. The minimum atomic E-state index is -4.02. The van der Waals surface area contributed by atoms with Crippen LogP contribution in [0.4, 0.5) is 23.1 Å². The monoisotopic (exact) mass is 538 g/mol. The summed E-state index contributed by atoms with van der Waals surface area (Å²) in [4.78, 5) is 8.68. The summed E-state index contributed by atoms with van der Waals surface area (Å²) in [7, 11) is -4.02. The number of benzene rings is 3. The zero-order valence-electron chi connectivity index (χ0n) is 21.5. The van der Waals surface area contributed by atoms with Crippen molar-refractivity contribution in [3.8, 4) is 12.1 Å². The summed E-state index contributed by atoms with van der Waals surface area (Å²) in [6, 6.07) is 23.0. The fraction of sp³-hybridized carbons (Fsp3) is 0.103. The number of nitrogens with zero attached hydrogens (tertiary/aromatic N) is 4. The fourth-order valence-corrected chi connectivity index (χ4v) is 3.99. The van der Waals surface area contributed by atoms with Crippen LogP contribution in [0.3, 0.4) is 0 Å². The number of anilines is 4. The standard InChI is InChI=1S/C22H18N6.C7H8O3S/c1-15-12-18(4-3-10-23)13-16(2)21(15)27-20-9-11-25-22(28-20)26-19-7-5-17(14-24)6-8-19;1-6-2-4-7(5-3-6)11(8,9)10/h3-9,11-13H,1-2H3,(H2,25,26,27,28);2-5H,1H3,(H,8,9,10)/b4-3+;. The quantitative estimate of drug-likeness (QED) is 0.191. The van der Waals surface area contributed by atoms with Gasteiger partial charge in [0.25, 0.3) is 10.1 Å². The van der Waals surface area contributed by atoms with E-state index in [9.17, 15) is 8.42 Å². The van der Waals surface area contributed by atoms with Crippen molar-refractivity contribution >= 4 is 39.3 Å². The normalized spacial score (nSPS) is 10.6. The van der Waals surface area contributed by atoms with Gasteiger partial charge in [-0.25, -0.2) is 4.98 Å². The van der Waals surface area contributed by atoms with E-state index in [0.29, 0.717) is 17.3 Å². The maximum Gasteiger partial charge on any atom is 0.294 e. The smallest absolute Gasteiger partial charge is 0.294 e. The second kappa shape index (κ2) is 13.0. The molecule has 0 amide bonds. The van der Waals surface area contributed by atoms with Gasteiger partial charge in [-0.05, 0) is 98.1 Å². The second-order valence-corrected chi connectivity index (χ2v) is 9.91. The summed E-state index contributed by atoms with van der Waals surface area (Å²) in [5.41, 5.74) is 6.41.